The van der Waals surface area contributed by atoms with Gasteiger partial charge in [-0.1, -0.05) is 30.3 Å². The number of carbonyl (C=O) groups excluding carboxylic acids is 1. The van der Waals surface area contributed by atoms with Crippen LogP contribution < -0.4 is 0 Å². The highest BCUT2D eigenvalue weighted by Gasteiger charge is 2.08. The number of esters is 1. The molecule has 0 bridgehead atoms. The molecule has 3 nitrogen and oxygen atoms in total. The van der Waals surface area contributed by atoms with Gasteiger partial charge in [-0.2, -0.15) is 0 Å². The summed E-state index contributed by atoms with van der Waals surface area (Å²) in [5.41, 5.74) is 1.69. The molecule has 0 amide bonds. The molecule has 0 spiro atoms. The van der Waals surface area contributed by atoms with Crippen molar-refractivity contribution in [1.82, 2.24) is 0 Å². The lowest BCUT2D eigenvalue weighted by Crippen LogP contribution is -2.11. The van der Waals surface area contributed by atoms with Gasteiger partial charge in [0.25, 0.3) is 0 Å². The van der Waals surface area contributed by atoms with Crippen LogP contribution in [0.5, 0.6) is 0 Å². The predicted octanol–water partition coefficient (Wildman–Crippen LogP) is 4.27. The molecule has 0 aliphatic rings. The lowest BCUT2D eigenvalue weighted by molar-refractivity contribution is 0.0288. The molecule has 0 fully saturated rings. The summed E-state index contributed by atoms with van der Waals surface area (Å²) in [5.74, 6) is -0.310. The molecular weight excluding hydrogens is 494 g/mol. The quantitative estimate of drug-likeness (QED) is 0.333. The van der Waals surface area contributed by atoms with Crippen molar-refractivity contribution in [2.24, 2.45) is 0 Å². The maximum atomic E-state index is 11.9. The van der Waals surface area contributed by atoms with Gasteiger partial charge in [-0.3, -0.25) is 0 Å². The molecule has 0 aliphatic heterocycles. The molecule has 0 aromatic heterocycles. The summed E-state index contributed by atoms with van der Waals surface area (Å²) < 4.78 is 12.7. The number of ether oxygens (including phenoxy) is 2. The number of halogens is 2. The average molecular weight is 508 g/mol. The van der Waals surface area contributed by atoms with Crippen molar-refractivity contribution in [3.05, 3.63) is 66.8 Å². The van der Waals surface area contributed by atoms with Crippen molar-refractivity contribution in [1.29, 1.82) is 0 Å². The third-order valence-electron chi connectivity index (χ3n) is 2.67. The van der Waals surface area contributed by atoms with Gasteiger partial charge in [-0.05, 0) is 68.9 Å². The summed E-state index contributed by atoms with van der Waals surface area (Å²) in [7, 11) is 0. The van der Waals surface area contributed by atoms with Gasteiger partial charge in [-0.25, -0.2) is 4.79 Å². The second-order valence-corrected chi connectivity index (χ2v) is 6.82. The second kappa shape index (κ2) is 8.70. The van der Waals surface area contributed by atoms with E-state index in [2.05, 4.69) is 45.2 Å². The van der Waals surface area contributed by atoms with Gasteiger partial charge >= 0.3 is 5.97 Å². The first-order valence-electron chi connectivity index (χ1n) is 6.40. The van der Waals surface area contributed by atoms with E-state index in [4.69, 9.17) is 9.47 Å². The highest BCUT2D eigenvalue weighted by atomic mass is 127. The van der Waals surface area contributed by atoms with Crippen molar-refractivity contribution in [3.8, 4) is 0 Å². The Labute approximate surface area is 151 Å². The third-order valence-corrected chi connectivity index (χ3v) is 3.92. The highest BCUT2D eigenvalue weighted by molar-refractivity contribution is 14.1. The Morgan fingerprint density at radius 3 is 2.29 bits per heavy atom. The molecule has 0 atom stereocenters. The fourth-order valence-electron chi connectivity index (χ4n) is 1.71. The lowest BCUT2D eigenvalue weighted by Gasteiger charge is -2.07. The maximum absolute atomic E-state index is 11.9. The highest BCUT2D eigenvalue weighted by Crippen LogP contribution is 2.15. The zero-order valence-electron chi connectivity index (χ0n) is 11.2. The standard InChI is InChI=1S/C16H14I2O3/c17-14-8-13(9-15(18)10-14)16(19)21-7-6-20-11-12-4-2-1-3-5-12/h1-5,8-10H,6-7,11H2. The summed E-state index contributed by atoms with van der Waals surface area (Å²) in [6.45, 7) is 1.18. The second-order valence-electron chi connectivity index (χ2n) is 4.33. The monoisotopic (exact) mass is 508 g/mol. The van der Waals surface area contributed by atoms with Gasteiger partial charge < -0.3 is 9.47 Å². The molecule has 2 aromatic rings. The van der Waals surface area contributed by atoms with E-state index in [1.54, 1.807) is 0 Å². The van der Waals surface area contributed by atoms with E-state index in [0.29, 0.717) is 18.8 Å². The van der Waals surface area contributed by atoms with Crippen LogP contribution in [-0.2, 0) is 16.1 Å². The van der Waals surface area contributed by atoms with Crippen LogP contribution >= 0.6 is 45.2 Å². The van der Waals surface area contributed by atoms with Crippen molar-refractivity contribution in [2.75, 3.05) is 13.2 Å². The average Bonchev–Trinajstić information content (AvgIpc) is 2.47. The van der Waals surface area contributed by atoms with Crippen LogP contribution in [0.25, 0.3) is 0 Å². The van der Waals surface area contributed by atoms with Crippen molar-refractivity contribution in [2.45, 2.75) is 6.61 Å². The molecule has 5 heteroatoms. The first-order chi connectivity index (χ1) is 10.1. The van der Waals surface area contributed by atoms with Crippen molar-refractivity contribution in [3.63, 3.8) is 0 Å². The number of hydrogen-bond donors (Lipinski definition) is 0. The minimum absolute atomic E-state index is 0.258. The number of carbonyl (C=O) groups is 1. The molecule has 21 heavy (non-hydrogen) atoms. The number of rotatable bonds is 6. The Balaban J connectivity index is 1.72. The summed E-state index contributed by atoms with van der Waals surface area (Å²) in [4.78, 5) is 11.9. The van der Waals surface area contributed by atoms with Crippen LogP contribution in [0.1, 0.15) is 15.9 Å². The zero-order chi connectivity index (χ0) is 15.1. The Morgan fingerprint density at radius 1 is 0.952 bits per heavy atom. The van der Waals surface area contributed by atoms with E-state index in [9.17, 15) is 4.79 Å². The lowest BCUT2D eigenvalue weighted by atomic mass is 10.2. The van der Waals surface area contributed by atoms with Crippen LogP contribution in [0.15, 0.2) is 48.5 Å². The molecule has 0 N–H and O–H groups in total. The fourth-order valence-corrected chi connectivity index (χ4v) is 3.65. The molecule has 0 radical (unpaired) electrons. The normalized spacial score (nSPS) is 10.4. The zero-order valence-corrected chi connectivity index (χ0v) is 15.5. The van der Waals surface area contributed by atoms with Crippen LogP contribution in [0, 0.1) is 7.14 Å². The van der Waals surface area contributed by atoms with E-state index in [-0.39, 0.29) is 12.6 Å². The van der Waals surface area contributed by atoms with Crippen LogP contribution in [0.4, 0.5) is 0 Å². The smallest absolute Gasteiger partial charge is 0.338 e. The van der Waals surface area contributed by atoms with E-state index >= 15 is 0 Å². The van der Waals surface area contributed by atoms with Crippen LogP contribution in [-0.4, -0.2) is 19.2 Å². The molecule has 2 rings (SSSR count). The van der Waals surface area contributed by atoms with Gasteiger partial charge in [0.05, 0.1) is 18.8 Å². The van der Waals surface area contributed by atoms with Gasteiger partial charge in [0.2, 0.25) is 0 Å². The van der Waals surface area contributed by atoms with Crippen molar-refractivity contribution < 1.29 is 14.3 Å². The van der Waals surface area contributed by atoms with Crippen molar-refractivity contribution >= 4 is 51.2 Å². The molecule has 0 aliphatic carbocycles. The first-order valence-corrected chi connectivity index (χ1v) is 8.56. The molecule has 0 unspecified atom stereocenters. The number of hydrogen-bond acceptors (Lipinski definition) is 3. The Kier molecular flexibility index (Phi) is 6.91. The molecule has 0 heterocycles. The first kappa shape index (κ1) is 16.7. The minimum atomic E-state index is -0.310. The Morgan fingerprint density at radius 2 is 1.62 bits per heavy atom. The molecule has 110 valence electrons. The Bertz CT molecular complexity index is 579. The third kappa shape index (κ3) is 5.91. The summed E-state index contributed by atoms with van der Waals surface area (Å²) in [6, 6.07) is 15.5. The topological polar surface area (TPSA) is 35.5 Å². The van der Waals surface area contributed by atoms with Gasteiger partial charge in [0.1, 0.15) is 6.61 Å². The predicted molar refractivity (Wildman–Crippen MR) is 98.3 cm³/mol. The summed E-state index contributed by atoms with van der Waals surface area (Å²) in [5, 5.41) is 0. The van der Waals surface area contributed by atoms with Gasteiger partial charge in [0, 0.05) is 7.14 Å². The Hall–Kier alpha value is -0.670. The molecule has 2 aromatic carbocycles. The largest absolute Gasteiger partial charge is 0.460 e. The van der Waals surface area contributed by atoms with E-state index in [1.807, 2.05) is 48.5 Å². The van der Waals surface area contributed by atoms with E-state index < -0.39 is 0 Å². The number of benzene rings is 2. The van der Waals surface area contributed by atoms with Gasteiger partial charge in [-0.15, -0.1) is 0 Å². The van der Waals surface area contributed by atoms with Crippen LogP contribution in [0.3, 0.4) is 0 Å². The molecular formula is C16H14I2O3. The SMILES string of the molecule is O=C(OCCOCc1ccccc1)c1cc(I)cc(I)c1. The maximum Gasteiger partial charge on any atom is 0.338 e. The summed E-state index contributed by atoms with van der Waals surface area (Å²) >= 11 is 4.37. The van der Waals surface area contributed by atoms with Crippen LogP contribution in [0.2, 0.25) is 0 Å². The van der Waals surface area contributed by atoms with E-state index in [0.717, 1.165) is 12.7 Å². The van der Waals surface area contributed by atoms with Gasteiger partial charge in [0.15, 0.2) is 0 Å². The summed E-state index contributed by atoms with van der Waals surface area (Å²) in [6.07, 6.45) is 0. The molecule has 0 saturated heterocycles. The molecule has 0 saturated carbocycles. The fraction of sp³-hybridized carbons (Fsp3) is 0.188. The van der Waals surface area contributed by atoms with E-state index in [1.165, 1.54) is 0 Å². The minimum Gasteiger partial charge on any atom is -0.460 e.